The first-order valence-corrected chi connectivity index (χ1v) is 8.96. The molecule has 0 spiro atoms. The van der Waals surface area contributed by atoms with Crippen molar-refractivity contribution < 1.29 is 9.90 Å². The number of aliphatic hydroxyl groups is 1. The average molecular weight is 358 g/mol. The molecule has 1 amide bonds. The maximum Gasteiger partial charge on any atom is 0.220 e. The number of nitrogens with zero attached hydrogens (tertiary/aromatic N) is 5. The lowest BCUT2D eigenvalue weighted by Gasteiger charge is -2.24. The Hall–Kier alpha value is -2.48. The van der Waals surface area contributed by atoms with E-state index in [2.05, 4.69) is 20.4 Å². The van der Waals surface area contributed by atoms with Crippen LogP contribution in [0.1, 0.15) is 30.7 Å². The van der Waals surface area contributed by atoms with Gasteiger partial charge in [-0.1, -0.05) is 0 Å². The van der Waals surface area contributed by atoms with E-state index in [1.54, 1.807) is 18.6 Å². The highest BCUT2D eigenvalue weighted by Crippen LogP contribution is 2.24. The fraction of sp³-hybridized carbons (Fsp3) is 0.556. The summed E-state index contributed by atoms with van der Waals surface area (Å²) in [7, 11) is 0. The third kappa shape index (κ3) is 4.57. The molecule has 2 aromatic rings. The molecular formula is C18H26N6O2. The Morgan fingerprint density at radius 3 is 2.92 bits per heavy atom. The lowest BCUT2D eigenvalue weighted by molar-refractivity contribution is -0.122. The monoisotopic (exact) mass is 358 g/mol. The molecule has 3 rings (SSSR count). The Kier molecular flexibility index (Phi) is 5.51. The Morgan fingerprint density at radius 1 is 1.38 bits per heavy atom. The SMILES string of the molecule is Cc1cc(C)n(CCCC(=O)NC[C@]2(O)CCN(c3cnccn3)C2)n1. The third-order valence-electron chi connectivity index (χ3n) is 4.70. The van der Waals surface area contributed by atoms with Crippen LogP contribution in [0.2, 0.25) is 0 Å². The maximum atomic E-state index is 12.1. The minimum atomic E-state index is -0.928. The van der Waals surface area contributed by atoms with E-state index in [0.717, 1.165) is 30.2 Å². The highest BCUT2D eigenvalue weighted by atomic mass is 16.3. The van der Waals surface area contributed by atoms with Crippen molar-refractivity contribution in [2.24, 2.45) is 0 Å². The number of nitrogens with one attached hydrogen (secondary N) is 1. The van der Waals surface area contributed by atoms with Gasteiger partial charge >= 0.3 is 0 Å². The van der Waals surface area contributed by atoms with E-state index < -0.39 is 5.60 Å². The number of carbonyl (C=O) groups is 1. The van der Waals surface area contributed by atoms with Gasteiger partial charge in [-0.25, -0.2) is 4.98 Å². The molecule has 1 aliphatic heterocycles. The first kappa shape index (κ1) is 18.3. The standard InChI is InChI=1S/C18H26N6O2/c1-14-10-15(2)24(22-14)8-3-4-17(25)21-12-18(26)5-9-23(13-18)16-11-19-6-7-20-16/h6-7,10-11,26H,3-5,8-9,12-13H2,1-2H3,(H,21,25)/t18-/m1/s1. The summed E-state index contributed by atoms with van der Waals surface area (Å²) in [4.78, 5) is 22.4. The molecule has 0 saturated carbocycles. The zero-order chi connectivity index (χ0) is 18.6. The van der Waals surface area contributed by atoms with Gasteiger partial charge in [0.2, 0.25) is 5.91 Å². The van der Waals surface area contributed by atoms with E-state index in [1.165, 1.54) is 0 Å². The topological polar surface area (TPSA) is 96.2 Å². The minimum absolute atomic E-state index is 0.0436. The van der Waals surface area contributed by atoms with E-state index in [1.807, 2.05) is 29.5 Å². The van der Waals surface area contributed by atoms with Gasteiger partial charge in [0.1, 0.15) is 11.4 Å². The van der Waals surface area contributed by atoms with Gasteiger partial charge in [-0.05, 0) is 32.8 Å². The molecule has 2 aromatic heterocycles. The van der Waals surface area contributed by atoms with Crippen molar-refractivity contribution in [1.82, 2.24) is 25.1 Å². The van der Waals surface area contributed by atoms with Crippen molar-refractivity contribution in [2.75, 3.05) is 24.5 Å². The quantitative estimate of drug-likeness (QED) is 0.761. The predicted octanol–water partition coefficient (Wildman–Crippen LogP) is 0.828. The molecular weight excluding hydrogens is 332 g/mol. The number of carbonyl (C=O) groups excluding carboxylic acids is 1. The second kappa shape index (κ2) is 7.82. The molecule has 140 valence electrons. The van der Waals surface area contributed by atoms with E-state index in [4.69, 9.17) is 0 Å². The van der Waals surface area contributed by atoms with Crippen LogP contribution in [0.5, 0.6) is 0 Å². The summed E-state index contributed by atoms with van der Waals surface area (Å²) in [5, 5.41) is 18.0. The van der Waals surface area contributed by atoms with Gasteiger partial charge in [0, 0.05) is 50.7 Å². The van der Waals surface area contributed by atoms with Gasteiger partial charge in [-0.15, -0.1) is 0 Å². The lowest BCUT2D eigenvalue weighted by Crippen LogP contribution is -2.45. The summed E-state index contributed by atoms with van der Waals surface area (Å²) in [6, 6.07) is 2.03. The van der Waals surface area contributed by atoms with Crippen LogP contribution in [0, 0.1) is 13.8 Å². The molecule has 1 saturated heterocycles. The van der Waals surface area contributed by atoms with Crippen molar-refractivity contribution >= 4 is 11.7 Å². The van der Waals surface area contributed by atoms with Gasteiger partial charge in [-0.2, -0.15) is 5.10 Å². The van der Waals surface area contributed by atoms with E-state index in [0.29, 0.717) is 25.9 Å². The van der Waals surface area contributed by atoms with Crippen LogP contribution >= 0.6 is 0 Å². The summed E-state index contributed by atoms with van der Waals surface area (Å²) in [5.41, 5.74) is 1.17. The summed E-state index contributed by atoms with van der Waals surface area (Å²) in [6.45, 7) is 6.09. The third-order valence-corrected chi connectivity index (χ3v) is 4.70. The van der Waals surface area contributed by atoms with Crippen molar-refractivity contribution in [1.29, 1.82) is 0 Å². The molecule has 1 fully saturated rings. The smallest absolute Gasteiger partial charge is 0.220 e. The number of aryl methyl sites for hydroxylation is 3. The number of hydrogen-bond acceptors (Lipinski definition) is 6. The molecule has 1 atom stereocenters. The number of amides is 1. The number of hydrogen-bond donors (Lipinski definition) is 2. The van der Waals surface area contributed by atoms with Crippen LogP contribution < -0.4 is 10.2 Å². The highest BCUT2D eigenvalue weighted by molar-refractivity contribution is 5.75. The molecule has 0 aliphatic carbocycles. The van der Waals surface area contributed by atoms with Gasteiger partial charge in [0.05, 0.1) is 11.9 Å². The van der Waals surface area contributed by atoms with E-state index in [-0.39, 0.29) is 12.5 Å². The molecule has 2 N–H and O–H groups in total. The Morgan fingerprint density at radius 2 is 2.23 bits per heavy atom. The fourth-order valence-electron chi connectivity index (χ4n) is 3.29. The fourth-order valence-corrected chi connectivity index (χ4v) is 3.29. The molecule has 0 aromatic carbocycles. The first-order chi connectivity index (χ1) is 12.5. The molecule has 8 heteroatoms. The Balaban J connectivity index is 1.41. The second-order valence-corrected chi connectivity index (χ2v) is 6.99. The predicted molar refractivity (Wildman–Crippen MR) is 97.8 cm³/mol. The van der Waals surface area contributed by atoms with Crippen molar-refractivity contribution in [2.45, 2.75) is 45.3 Å². The van der Waals surface area contributed by atoms with Gasteiger partial charge in [0.15, 0.2) is 0 Å². The molecule has 8 nitrogen and oxygen atoms in total. The van der Waals surface area contributed by atoms with Crippen LogP contribution in [0.3, 0.4) is 0 Å². The summed E-state index contributed by atoms with van der Waals surface area (Å²) >= 11 is 0. The van der Waals surface area contributed by atoms with Crippen molar-refractivity contribution in [3.8, 4) is 0 Å². The van der Waals surface area contributed by atoms with Crippen LogP contribution in [0.15, 0.2) is 24.7 Å². The van der Waals surface area contributed by atoms with Gasteiger partial charge < -0.3 is 15.3 Å². The molecule has 0 radical (unpaired) electrons. The lowest BCUT2D eigenvalue weighted by atomic mass is 10.0. The van der Waals surface area contributed by atoms with Crippen LogP contribution in [-0.2, 0) is 11.3 Å². The number of β-amino-alcohol motifs (C(OH)–C–C–N with tert-alkyl or cyclic N) is 1. The highest BCUT2D eigenvalue weighted by Gasteiger charge is 2.36. The zero-order valence-corrected chi connectivity index (χ0v) is 15.4. The van der Waals surface area contributed by atoms with Crippen LogP contribution in [0.25, 0.3) is 0 Å². The summed E-state index contributed by atoms with van der Waals surface area (Å²) < 4.78 is 1.92. The molecule has 26 heavy (non-hydrogen) atoms. The minimum Gasteiger partial charge on any atom is -0.386 e. The zero-order valence-electron chi connectivity index (χ0n) is 15.4. The number of anilines is 1. The molecule has 1 aliphatic rings. The molecule has 0 bridgehead atoms. The largest absolute Gasteiger partial charge is 0.386 e. The van der Waals surface area contributed by atoms with Crippen LogP contribution in [-0.4, -0.2) is 56.0 Å². The van der Waals surface area contributed by atoms with E-state index in [9.17, 15) is 9.90 Å². The summed E-state index contributed by atoms with van der Waals surface area (Å²) in [6.07, 6.45) is 6.68. The Labute approximate surface area is 153 Å². The van der Waals surface area contributed by atoms with Gasteiger partial charge in [0.25, 0.3) is 0 Å². The summed E-state index contributed by atoms with van der Waals surface area (Å²) in [5.74, 6) is 0.706. The first-order valence-electron chi connectivity index (χ1n) is 8.96. The molecule has 3 heterocycles. The van der Waals surface area contributed by atoms with Crippen molar-refractivity contribution in [3.63, 3.8) is 0 Å². The Bertz CT molecular complexity index is 747. The van der Waals surface area contributed by atoms with E-state index >= 15 is 0 Å². The second-order valence-electron chi connectivity index (χ2n) is 6.99. The van der Waals surface area contributed by atoms with Gasteiger partial charge in [-0.3, -0.25) is 14.5 Å². The van der Waals surface area contributed by atoms with Crippen molar-refractivity contribution in [3.05, 3.63) is 36.0 Å². The number of aromatic nitrogens is 4. The molecule has 0 unspecified atom stereocenters. The maximum absolute atomic E-state index is 12.1. The normalized spacial score (nSPS) is 19.7. The average Bonchev–Trinajstić information content (AvgIpc) is 3.17. The van der Waals surface area contributed by atoms with Crippen LogP contribution in [0.4, 0.5) is 5.82 Å². The number of rotatable bonds is 7.